The molecule has 654 valence electrons. The number of aliphatic hydroxyl groups is 1. The number of phosphoric acid groups is 2. The SMILES string of the molecule is CCC(C)CCCCCCCCCCCCCCCCCCCCC(=O)O[C@H](COC(=O)CCCCCCCCC(C)CC)COP(=O)(O)OC[C@H](O)COP(=O)(O)OC[C@@H](COC(=O)CCCCCCCCCCCCCCCCC(C)C)OC(=O)CCCCCCCCCCCCCCCCCCCCC(C)C. The molecule has 0 aliphatic heterocycles. The number of aliphatic hydroxyl groups excluding tert-OH is 1. The lowest BCUT2D eigenvalue weighted by Crippen LogP contribution is -2.30. The Morgan fingerprint density at radius 2 is 0.436 bits per heavy atom. The van der Waals surface area contributed by atoms with Gasteiger partial charge in [0.25, 0.3) is 0 Å². The molecular formula is C91H178O17P2. The van der Waals surface area contributed by atoms with Gasteiger partial charge < -0.3 is 33.8 Å². The summed E-state index contributed by atoms with van der Waals surface area (Å²) >= 11 is 0. The lowest BCUT2D eigenvalue weighted by atomic mass is 9.99. The highest BCUT2D eigenvalue weighted by Crippen LogP contribution is 2.45. The first-order valence-corrected chi connectivity index (χ1v) is 49.8. The van der Waals surface area contributed by atoms with Crippen LogP contribution in [-0.2, 0) is 65.4 Å². The molecular weight excluding hydrogens is 1430 g/mol. The van der Waals surface area contributed by atoms with Crippen LogP contribution in [0.5, 0.6) is 0 Å². The second kappa shape index (κ2) is 79.5. The summed E-state index contributed by atoms with van der Waals surface area (Å²) in [4.78, 5) is 73.4. The van der Waals surface area contributed by atoms with Gasteiger partial charge in [-0.3, -0.25) is 37.3 Å². The number of carbonyl (C=O) groups is 4. The highest BCUT2D eigenvalue weighted by atomic mass is 31.2. The van der Waals surface area contributed by atoms with Crippen LogP contribution in [0, 0.1) is 23.7 Å². The Hall–Kier alpha value is -1.94. The molecule has 0 aromatic heterocycles. The van der Waals surface area contributed by atoms with Crippen molar-refractivity contribution in [1.82, 2.24) is 0 Å². The molecule has 0 radical (unpaired) electrons. The normalized spacial score (nSPS) is 14.3. The van der Waals surface area contributed by atoms with E-state index in [4.69, 9.17) is 37.0 Å². The van der Waals surface area contributed by atoms with Crippen LogP contribution >= 0.6 is 15.6 Å². The van der Waals surface area contributed by atoms with E-state index in [2.05, 4.69) is 55.4 Å². The quantitative estimate of drug-likeness (QED) is 0.0222. The molecule has 3 N–H and O–H groups in total. The van der Waals surface area contributed by atoms with Gasteiger partial charge in [-0.2, -0.15) is 0 Å². The molecule has 0 heterocycles. The maximum absolute atomic E-state index is 13.2. The second-order valence-corrected chi connectivity index (χ2v) is 37.0. The van der Waals surface area contributed by atoms with Crippen LogP contribution < -0.4 is 0 Å². The van der Waals surface area contributed by atoms with E-state index in [0.717, 1.165) is 120 Å². The molecule has 0 bridgehead atoms. The number of unbranched alkanes of at least 4 members (excludes halogenated alkanes) is 52. The Labute approximate surface area is 677 Å². The zero-order chi connectivity index (χ0) is 80.9. The van der Waals surface area contributed by atoms with E-state index in [1.165, 1.54) is 276 Å². The first-order chi connectivity index (χ1) is 53.2. The molecule has 0 saturated carbocycles. The first-order valence-electron chi connectivity index (χ1n) is 46.8. The number of hydrogen-bond donors (Lipinski definition) is 3. The van der Waals surface area contributed by atoms with E-state index >= 15 is 0 Å². The van der Waals surface area contributed by atoms with Crippen LogP contribution in [0.1, 0.15) is 479 Å². The number of rotatable bonds is 88. The largest absolute Gasteiger partial charge is 0.472 e. The van der Waals surface area contributed by atoms with Gasteiger partial charge >= 0.3 is 39.5 Å². The van der Waals surface area contributed by atoms with Crippen LogP contribution in [0.15, 0.2) is 0 Å². The molecule has 110 heavy (non-hydrogen) atoms. The van der Waals surface area contributed by atoms with Gasteiger partial charge in [0.1, 0.15) is 19.3 Å². The van der Waals surface area contributed by atoms with Crippen LogP contribution in [0.2, 0.25) is 0 Å². The second-order valence-electron chi connectivity index (χ2n) is 34.1. The minimum absolute atomic E-state index is 0.107. The molecule has 0 aromatic carbocycles. The van der Waals surface area contributed by atoms with Crippen molar-refractivity contribution in [2.75, 3.05) is 39.6 Å². The minimum atomic E-state index is -4.97. The van der Waals surface area contributed by atoms with E-state index in [1.807, 2.05) is 0 Å². The van der Waals surface area contributed by atoms with Crippen molar-refractivity contribution < 1.29 is 80.2 Å². The van der Waals surface area contributed by atoms with Gasteiger partial charge in [-0.15, -0.1) is 0 Å². The van der Waals surface area contributed by atoms with Gasteiger partial charge in [-0.05, 0) is 49.4 Å². The summed E-state index contributed by atoms with van der Waals surface area (Å²) in [6.07, 6.45) is 70.9. The fourth-order valence-electron chi connectivity index (χ4n) is 14.1. The van der Waals surface area contributed by atoms with Crippen molar-refractivity contribution in [3.05, 3.63) is 0 Å². The molecule has 0 aliphatic carbocycles. The number of ether oxygens (including phenoxy) is 4. The van der Waals surface area contributed by atoms with Gasteiger partial charge in [-0.1, -0.05) is 428 Å². The zero-order valence-corrected chi connectivity index (χ0v) is 74.7. The van der Waals surface area contributed by atoms with E-state index in [9.17, 15) is 43.2 Å². The van der Waals surface area contributed by atoms with Crippen molar-refractivity contribution in [2.45, 2.75) is 497 Å². The van der Waals surface area contributed by atoms with Crippen molar-refractivity contribution in [2.24, 2.45) is 23.7 Å². The first kappa shape index (κ1) is 108. The topological polar surface area (TPSA) is 237 Å². The van der Waals surface area contributed by atoms with Gasteiger partial charge in [0.15, 0.2) is 12.2 Å². The van der Waals surface area contributed by atoms with Crippen LogP contribution in [-0.4, -0.2) is 96.7 Å². The zero-order valence-electron chi connectivity index (χ0n) is 72.9. The summed E-state index contributed by atoms with van der Waals surface area (Å²) in [5.74, 6) is 1.12. The molecule has 19 heteroatoms. The molecule has 4 unspecified atom stereocenters. The molecule has 0 fully saturated rings. The molecule has 0 rings (SSSR count). The standard InChI is InChI=1S/C91H178O17P2/c1-9-83(7)69-61-53-45-39-33-27-20-16-12-14-18-22-30-36-42-48-58-66-74-91(96)108-87(78-102-89(94)72-64-56-50-49-54-62-70-84(8)10-2)80-106-110(99,100)104-76-85(92)75-103-109(97,98)105-79-86(77-101-88(93)71-63-55-46-40-34-28-24-23-26-32-38-44-52-60-68-82(5)6)107-90(95)73-65-57-47-41-35-29-21-17-13-11-15-19-25-31-37-43-51-59-67-81(3)4/h81-87,92H,9-80H2,1-8H3,(H,97,98)(H,99,100)/t83?,84?,85-,86-,87-/m1/s1. The third kappa shape index (κ3) is 81.2. The molecule has 0 aromatic rings. The smallest absolute Gasteiger partial charge is 0.462 e. The summed E-state index contributed by atoms with van der Waals surface area (Å²) < 4.78 is 69.0. The van der Waals surface area contributed by atoms with Crippen molar-refractivity contribution in [3.63, 3.8) is 0 Å². The predicted molar refractivity (Wildman–Crippen MR) is 455 cm³/mol. The fraction of sp³-hybridized carbons (Fsp3) is 0.956. The van der Waals surface area contributed by atoms with E-state index < -0.39 is 97.5 Å². The minimum Gasteiger partial charge on any atom is -0.462 e. The monoisotopic (exact) mass is 1610 g/mol. The van der Waals surface area contributed by atoms with Crippen LogP contribution in [0.3, 0.4) is 0 Å². The highest BCUT2D eigenvalue weighted by molar-refractivity contribution is 7.47. The Morgan fingerprint density at radius 1 is 0.255 bits per heavy atom. The average Bonchev–Trinajstić information content (AvgIpc) is 0.899. The van der Waals surface area contributed by atoms with Gasteiger partial charge in [0.2, 0.25) is 0 Å². The van der Waals surface area contributed by atoms with Crippen LogP contribution in [0.25, 0.3) is 0 Å². The lowest BCUT2D eigenvalue weighted by molar-refractivity contribution is -0.161. The summed E-state index contributed by atoms with van der Waals surface area (Å²) in [6, 6.07) is 0. The fourth-order valence-corrected chi connectivity index (χ4v) is 15.7. The summed E-state index contributed by atoms with van der Waals surface area (Å²) in [5.41, 5.74) is 0. The Morgan fingerprint density at radius 3 is 0.645 bits per heavy atom. The van der Waals surface area contributed by atoms with Crippen molar-refractivity contribution >= 4 is 39.5 Å². The molecule has 7 atom stereocenters. The Balaban J connectivity index is 5.21. The number of esters is 4. The maximum Gasteiger partial charge on any atom is 0.472 e. The van der Waals surface area contributed by atoms with Crippen LogP contribution in [0.4, 0.5) is 0 Å². The van der Waals surface area contributed by atoms with Gasteiger partial charge in [-0.25, -0.2) is 9.13 Å². The summed E-state index contributed by atoms with van der Waals surface area (Å²) in [6.45, 7) is 14.4. The highest BCUT2D eigenvalue weighted by Gasteiger charge is 2.31. The van der Waals surface area contributed by atoms with Gasteiger partial charge in [0, 0.05) is 25.7 Å². The van der Waals surface area contributed by atoms with E-state index in [1.54, 1.807) is 0 Å². The summed E-state index contributed by atoms with van der Waals surface area (Å²) in [5, 5.41) is 10.7. The van der Waals surface area contributed by atoms with E-state index in [-0.39, 0.29) is 25.7 Å². The molecule has 0 amide bonds. The molecule has 17 nitrogen and oxygen atoms in total. The Kier molecular flexibility index (Phi) is 78.1. The van der Waals surface area contributed by atoms with Crippen molar-refractivity contribution in [3.8, 4) is 0 Å². The Bertz CT molecular complexity index is 2130. The van der Waals surface area contributed by atoms with Gasteiger partial charge in [0.05, 0.1) is 26.4 Å². The molecule has 0 aliphatic rings. The summed E-state index contributed by atoms with van der Waals surface area (Å²) in [7, 11) is -9.94. The maximum atomic E-state index is 13.2. The predicted octanol–water partition coefficient (Wildman–Crippen LogP) is 27.9. The number of carbonyl (C=O) groups excluding carboxylic acids is 4. The van der Waals surface area contributed by atoms with Crippen molar-refractivity contribution in [1.29, 1.82) is 0 Å². The molecule has 0 spiro atoms. The third-order valence-electron chi connectivity index (χ3n) is 22.0. The lowest BCUT2D eigenvalue weighted by Gasteiger charge is -2.21. The van der Waals surface area contributed by atoms with E-state index in [0.29, 0.717) is 25.7 Å². The molecule has 0 saturated heterocycles. The number of phosphoric ester groups is 2. The number of hydrogen-bond acceptors (Lipinski definition) is 15. The third-order valence-corrected chi connectivity index (χ3v) is 23.9. The average molecular weight is 1610 g/mol.